The molecule has 3 heteroatoms. The molecule has 0 unspecified atom stereocenters. The Morgan fingerprint density at radius 1 is 0.409 bits per heavy atom. The summed E-state index contributed by atoms with van der Waals surface area (Å²) in [5.41, 5.74) is 10.2. The van der Waals surface area contributed by atoms with Gasteiger partial charge in [0.1, 0.15) is 16.7 Å². The summed E-state index contributed by atoms with van der Waals surface area (Å²) in [5, 5.41) is 6.58. The third kappa shape index (κ3) is 3.63. The van der Waals surface area contributed by atoms with Crippen molar-refractivity contribution in [3.63, 3.8) is 0 Å². The number of rotatable bonds is 4. The molecule has 7 aromatic carbocycles. The van der Waals surface area contributed by atoms with Crippen molar-refractivity contribution < 1.29 is 8.83 Å². The fraction of sp³-hybridized carbons (Fsp3) is 0.0244. The molecule has 0 spiro atoms. The number of benzene rings is 7. The third-order valence-electron chi connectivity index (χ3n) is 8.80. The highest BCUT2D eigenvalue weighted by Gasteiger charge is 2.24. The van der Waals surface area contributed by atoms with E-state index in [1.807, 2.05) is 12.1 Å². The summed E-state index contributed by atoms with van der Waals surface area (Å²) in [6.07, 6.45) is 0. The number of para-hydroxylation sites is 4. The number of aryl methyl sites for hydroxylation is 1. The van der Waals surface area contributed by atoms with Gasteiger partial charge in [-0.25, -0.2) is 0 Å². The van der Waals surface area contributed by atoms with Gasteiger partial charge in [0.15, 0.2) is 5.58 Å². The first-order valence-corrected chi connectivity index (χ1v) is 14.9. The first-order valence-electron chi connectivity index (χ1n) is 14.9. The number of hydrogen-bond donors (Lipinski definition) is 0. The Labute approximate surface area is 254 Å². The van der Waals surface area contributed by atoms with Crippen LogP contribution in [0.4, 0.5) is 17.1 Å². The highest BCUT2D eigenvalue weighted by atomic mass is 16.3. The lowest BCUT2D eigenvalue weighted by Gasteiger charge is -2.27. The van der Waals surface area contributed by atoms with E-state index < -0.39 is 0 Å². The molecule has 0 aliphatic heterocycles. The lowest BCUT2D eigenvalue weighted by molar-refractivity contribution is 0.670. The summed E-state index contributed by atoms with van der Waals surface area (Å²) in [7, 11) is 0. The van der Waals surface area contributed by atoms with Crippen molar-refractivity contribution >= 4 is 71.7 Å². The Kier molecular flexibility index (Phi) is 5.41. The Hall–Kier alpha value is -5.80. The maximum atomic E-state index is 6.94. The molecule has 2 heterocycles. The van der Waals surface area contributed by atoms with E-state index in [9.17, 15) is 0 Å². The van der Waals surface area contributed by atoms with E-state index in [2.05, 4.69) is 145 Å². The van der Waals surface area contributed by atoms with Crippen LogP contribution in [0.2, 0.25) is 0 Å². The molecule has 44 heavy (non-hydrogen) atoms. The van der Waals surface area contributed by atoms with Gasteiger partial charge in [0, 0.05) is 43.6 Å². The molecule has 2 aromatic heterocycles. The van der Waals surface area contributed by atoms with Crippen molar-refractivity contribution in [1.82, 2.24) is 0 Å². The van der Waals surface area contributed by atoms with Crippen LogP contribution in [-0.4, -0.2) is 0 Å². The minimum atomic E-state index is 0.855. The van der Waals surface area contributed by atoms with Crippen LogP contribution in [0, 0.1) is 6.92 Å². The highest BCUT2D eigenvalue weighted by molar-refractivity contribution is 6.21. The van der Waals surface area contributed by atoms with Gasteiger partial charge >= 0.3 is 0 Å². The standard InChI is InChI=1S/C41H27NO2/c1-26-13-5-6-16-28(26)31-20-11-21-33-34-22-12-23-36(41(34)44-39(31)33)42(27-14-3-2-4-15-27)37-25-35-30-18-9-10-24-38(30)43-40(35)32-19-8-7-17-29(32)37/h2-25H,1H3. The van der Waals surface area contributed by atoms with Gasteiger partial charge in [0.05, 0.1) is 11.4 Å². The fourth-order valence-corrected chi connectivity index (χ4v) is 6.77. The summed E-state index contributed by atoms with van der Waals surface area (Å²) in [4.78, 5) is 2.34. The topological polar surface area (TPSA) is 29.5 Å². The normalized spacial score (nSPS) is 11.8. The molecule has 0 atom stereocenters. The van der Waals surface area contributed by atoms with Crippen molar-refractivity contribution in [2.45, 2.75) is 6.92 Å². The van der Waals surface area contributed by atoms with Crippen LogP contribution in [0.15, 0.2) is 154 Å². The molecular formula is C41H27NO2. The van der Waals surface area contributed by atoms with Crippen LogP contribution in [-0.2, 0) is 0 Å². The second kappa shape index (κ2) is 9.62. The molecule has 9 aromatic rings. The van der Waals surface area contributed by atoms with Gasteiger partial charge in [0.2, 0.25) is 0 Å². The van der Waals surface area contributed by atoms with E-state index in [1.54, 1.807) is 0 Å². The SMILES string of the molecule is Cc1ccccc1-c1cccc2c1oc1c(N(c3ccccc3)c3cc4c5ccccc5oc4c4ccccc34)cccc12. The van der Waals surface area contributed by atoms with E-state index in [4.69, 9.17) is 8.83 Å². The third-order valence-corrected chi connectivity index (χ3v) is 8.80. The number of nitrogens with zero attached hydrogens (tertiary/aromatic N) is 1. The lowest BCUT2D eigenvalue weighted by Crippen LogP contribution is -2.10. The molecular weight excluding hydrogens is 538 g/mol. The summed E-state index contributed by atoms with van der Waals surface area (Å²) in [6.45, 7) is 2.15. The summed E-state index contributed by atoms with van der Waals surface area (Å²) >= 11 is 0. The average molecular weight is 566 g/mol. The molecule has 0 bridgehead atoms. The quantitative estimate of drug-likeness (QED) is 0.213. The van der Waals surface area contributed by atoms with E-state index in [1.165, 1.54) is 11.1 Å². The molecule has 0 aliphatic carbocycles. The molecule has 0 fully saturated rings. The van der Waals surface area contributed by atoms with Crippen LogP contribution in [0.5, 0.6) is 0 Å². The van der Waals surface area contributed by atoms with Gasteiger partial charge in [-0.1, -0.05) is 115 Å². The highest BCUT2D eigenvalue weighted by Crippen LogP contribution is 2.48. The van der Waals surface area contributed by atoms with Crippen molar-refractivity contribution in [2.75, 3.05) is 4.90 Å². The average Bonchev–Trinajstić information content (AvgIpc) is 3.65. The van der Waals surface area contributed by atoms with Crippen molar-refractivity contribution in [2.24, 2.45) is 0 Å². The van der Waals surface area contributed by atoms with Gasteiger partial charge in [-0.2, -0.15) is 0 Å². The molecule has 3 nitrogen and oxygen atoms in total. The molecule has 9 rings (SSSR count). The minimum Gasteiger partial charge on any atom is -0.455 e. The number of furan rings is 2. The molecule has 0 saturated heterocycles. The maximum Gasteiger partial charge on any atom is 0.159 e. The van der Waals surface area contributed by atoms with Crippen LogP contribution in [0.3, 0.4) is 0 Å². The molecule has 0 saturated carbocycles. The van der Waals surface area contributed by atoms with Gasteiger partial charge in [0.25, 0.3) is 0 Å². The van der Waals surface area contributed by atoms with Crippen LogP contribution in [0.1, 0.15) is 5.56 Å². The Bertz CT molecular complexity index is 2520. The second-order valence-corrected chi connectivity index (χ2v) is 11.3. The Morgan fingerprint density at radius 2 is 1.02 bits per heavy atom. The Morgan fingerprint density at radius 3 is 1.86 bits per heavy atom. The van der Waals surface area contributed by atoms with Crippen molar-refractivity contribution in [3.05, 3.63) is 151 Å². The van der Waals surface area contributed by atoms with E-state index in [-0.39, 0.29) is 0 Å². The number of fused-ring (bicyclic) bond motifs is 8. The molecule has 0 radical (unpaired) electrons. The van der Waals surface area contributed by atoms with E-state index in [0.29, 0.717) is 0 Å². The molecule has 0 amide bonds. The predicted octanol–water partition coefficient (Wildman–Crippen LogP) is 12.1. The van der Waals surface area contributed by atoms with E-state index in [0.717, 1.165) is 77.3 Å². The summed E-state index contributed by atoms with van der Waals surface area (Å²) in [6, 6.07) is 51.0. The smallest absolute Gasteiger partial charge is 0.159 e. The number of anilines is 3. The van der Waals surface area contributed by atoms with Gasteiger partial charge in [-0.3, -0.25) is 0 Å². The Balaban J connectivity index is 1.39. The first kappa shape index (κ1) is 24.8. The first-order chi connectivity index (χ1) is 21.8. The largest absolute Gasteiger partial charge is 0.455 e. The number of hydrogen-bond acceptors (Lipinski definition) is 3. The van der Waals surface area contributed by atoms with Crippen LogP contribution < -0.4 is 4.90 Å². The van der Waals surface area contributed by atoms with Gasteiger partial charge < -0.3 is 13.7 Å². The molecule has 0 N–H and O–H groups in total. The lowest BCUT2D eigenvalue weighted by atomic mass is 9.98. The van der Waals surface area contributed by atoms with Crippen LogP contribution in [0.25, 0.3) is 65.8 Å². The van der Waals surface area contributed by atoms with Gasteiger partial charge in [-0.05, 0) is 48.4 Å². The zero-order chi connectivity index (χ0) is 29.2. The summed E-state index contributed by atoms with van der Waals surface area (Å²) in [5.74, 6) is 0. The molecule has 208 valence electrons. The van der Waals surface area contributed by atoms with E-state index >= 15 is 0 Å². The predicted molar refractivity (Wildman–Crippen MR) is 183 cm³/mol. The van der Waals surface area contributed by atoms with Crippen molar-refractivity contribution in [1.29, 1.82) is 0 Å². The van der Waals surface area contributed by atoms with Crippen molar-refractivity contribution in [3.8, 4) is 11.1 Å². The molecule has 0 aliphatic rings. The monoisotopic (exact) mass is 565 g/mol. The summed E-state index contributed by atoms with van der Waals surface area (Å²) < 4.78 is 13.4. The zero-order valence-electron chi connectivity index (χ0n) is 24.1. The fourth-order valence-electron chi connectivity index (χ4n) is 6.77. The van der Waals surface area contributed by atoms with Crippen LogP contribution >= 0.6 is 0 Å². The maximum absolute atomic E-state index is 6.94. The zero-order valence-corrected chi connectivity index (χ0v) is 24.1. The minimum absolute atomic E-state index is 0.855. The van der Waals surface area contributed by atoms with Gasteiger partial charge in [-0.15, -0.1) is 0 Å². The second-order valence-electron chi connectivity index (χ2n) is 11.3.